The van der Waals surface area contributed by atoms with E-state index in [-0.39, 0.29) is 53.0 Å². The van der Waals surface area contributed by atoms with Gasteiger partial charge in [-0.2, -0.15) is 0 Å². The van der Waals surface area contributed by atoms with E-state index in [1.54, 1.807) is 0 Å². The van der Waals surface area contributed by atoms with E-state index in [9.17, 15) is 14.4 Å². The summed E-state index contributed by atoms with van der Waals surface area (Å²) in [5, 5.41) is 6.18. The number of ether oxygens (including phenoxy) is 2. The van der Waals surface area contributed by atoms with Crippen LogP contribution >= 0.6 is 0 Å². The maximum absolute atomic E-state index is 14.4. The van der Waals surface area contributed by atoms with Crippen molar-refractivity contribution in [2.24, 2.45) is 52.3 Å². The number of piperazine rings is 1. The predicted molar refractivity (Wildman–Crippen MR) is 180 cm³/mol. The summed E-state index contributed by atoms with van der Waals surface area (Å²) < 4.78 is 13.3. The molecule has 4 saturated carbocycles. The van der Waals surface area contributed by atoms with Gasteiger partial charge in [-0.15, -0.1) is 0 Å². The van der Waals surface area contributed by atoms with Crippen molar-refractivity contribution in [3.63, 3.8) is 0 Å². The van der Waals surface area contributed by atoms with Gasteiger partial charge in [0.15, 0.2) is 5.79 Å². The first-order chi connectivity index (χ1) is 22.4. The lowest BCUT2D eigenvalue weighted by Gasteiger charge is -2.60. The van der Waals surface area contributed by atoms with Crippen molar-refractivity contribution in [1.29, 1.82) is 0 Å². The minimum absolute atomic E-state index is 0.0966. The highest BCUT2D eigenvalue weighted by molar-refractivity contribution is 5.97. The summed E-state index contributed by atoms with van der Waals surface area (Å²) in [6.07, 6.45) is 9.96. The summed E-state index contributed by atoms with van der Waals surface area (Å²) >= 11 is 0. The molecule has 0 radical (unpaired) electrons. The summed E-state index contributed by atoms with van der Waals surface area (Å²) in [5.74, 6) is 2.57. The highest BCUT2D eigenvalue weighted by Gasteiger charge is 2.71. The minimum Gasteiger partial charge on any atom is -0.356 e. The van der Waals surface area contributed by atoms with Crippen molar-refractivity contribution in [2.75, 3.05) is 52.9 Å². The molecule has 3 heterocycles. The number of ketones is 1. The van der Waals surface area contributed by atoms with Crippen LogP contribution in [0.25, 0.3) is 0 Å². The SMILES string of the molecule is C[C@@H]1CC[C@@]2(OC1)O[C@H]1C[C@H]3[C@@H]4CC[C@H]5C[C@H](NC(=O)CC(=O)NCCCN6CCN(C)CC6)CC[C@]5(C)[C@H]4CC(=O)[C@]3(C)[C@H]1[C@@H]2C. The van der Waals surface area contributed by atoms with Gasteiger partial charge in [0.25, 0.3) is 0 Å². The Balaban J connectivity index is 0.908. The first-order valence-corrected chi connectivity index (χ1v) is 19.2. The highest BCUT2D eigenvalue weighted by Crippen LogP contribution is 2.70. The molecule has 7 fully saturated rings. The molecule has 264 valence electrons. The van der Waals surface area contributed by atoms with Crippen molar-refractivity contribution in [3.8, 4) is 0 Å². The van der Waals surface area contributed by atoms with Crippen LogP contribution in [0.2, 0.25) is 0 Å². The van der Waals surface area contributed by atoms with E-state index < -0.39 is 5.79 Å². The third-order valence-corrected chi connectivity index (χ3v) is 15.1. The van der Waals surface area contributed by atoms with Gasteiger partial charge >= 0.3 is 0 Å². The summed E-state index contributed by atoms with van der Waals surface area (Å²) in [6.45, 7) is 16.0. The van der Waals surface area contributed by atoms with Crippen molar-refractivity contribution in [1.82, 2.24) is 20.4 Å². The zero-order valence-electron chi connectivity index (χ0n) is 29.9. The largest absolute Gasteiger partial charge is 0.356 e. The van der Waals surface area contributed by atoms with Crippen LogP contribution in [-0.4, -0.2) is 98.3 Å². The van der Waals surface area contributed by atoms with Gasteiger partial charge in [-0.05, 0) is 100.0 Å². The van der Waals surface area contributed by atoms with E-state index in [2.05, 4.69) is 55.2 Å². The molecule has 0 aromatic heterocycles. The molecule has 9 heteroatoms. The fourth-order valence-electron chi connectivity index (χ4n) is 12.2. The minimum atomic E-state index is -0.495. The first kappa shape index (κ1) is 33.9. The lowest BCUT2D eigenvalue weighted by atomic mass is 9.44. The van der Waals surface area contributed by atoms with Crippen LogP contribution in [0.3, 0.4) is 0 Å². The first-order valence-electron chi connectivity index (χ1n) is 19.2. The maximum atomic E-state index is 14.4. The van der Waals surface area contributed by atoms with Gasteiger partial charge < -0.3 is 29.9 Å². The van der Waals surface area contributed by atoms with E-state index in [1.165, 1.54) is 6.42 Å². The molecule has 47 heavy (non-hydrogen) atoms. The Labute approximate surface area is 283 Å². The molecule has 9 nitrogen and oxygen atoms in total. The highest BCUT2D eigenvalue weighted by atomic mass is 16.7. The molecule has 4 aliphatic carbocycles. The molecule has 0 bridgehead atoms. The van der Waals surface area contributed by atoms with Gasteiger partial charge in [0, 0.05) is 68.9 Å². The number of likely N-dealkylation sites (N-methyl/N-ethyl adjacent to an activating group) is 1. The van der Waals surface area contributed by atoms with Crippen molar-refractivity contribution in [2.45, 2.75) is 116 Å². The fourth-order valence-corrected chi connectivity index (χ4v) is 12.2. The molecular weight excluding hydrogens is 592 g/mol. The smallest absolute Gasteiger partial charge is 0.229 e. The predicted octanol–water partition coefficient (Wildman–Crippen LogP) is 4.24. The van der Waals surface area contributed by atoms with E-state index in [0.717, 1.165) is 90.7 Å². The van der Waals surface area contributed by atoms with E-state index >= 15 is 0 Å². The molecule has 12 atom stereocenters. The van der Waals surface area contributed by atoms with Gasteiger partial charge in [-0.1, -0.05) is 27.7 Å². The van der Waals surface area contributed by atoms with Crippen LogP contribution in [0.15, 0.2) is 0 Å². The van der Waals surface area contributed by atoms with Crippen LogP contribution in [-0.2, 0) is 23.9 Å². The average Bonchev–Trinajstić information content (AvgIpc) is 3.49. The van der Waals surface area contributed by atoms with Crippen LogP contribution in [0.1, 0.15) is 98.3 Å². The molecule has 3 aliphatic heterocycles. The van der Waals surface area contributed by atoms with Crippen LogP contribution in [0, 0.1) is 52.3 Å². The number of nitrogens with one attached hydrogen (secondary N) is 2. The number of carbonyl (C=O) groups is 3. The van der Waals surface area contributed by atoms with Crippen molar-refractivity contribution < 1.29 is 23.9 Å². The molecule has 7 aliphatic rings. The van der Waals surface area contributed by atoms with Gasteiger partial charge in [0.1, 0.15) is 12.2 Å². The Morgan fingerprint density at radius 2 is 1.74 bits per heavy atom. The normalized spacial score (nSPS) is 46.7. The summed E-state index contributed by atoms with van der Waals surface area (Å²) in [6, 6.07) is 0.112. The topological polar surface area (TPSA) is 100 Å². The van der Waals surface area contributed by atoms with Gasteiger partial charge in [0.2, 0.25) is 11.8 Å². The van der Waals surface area contributed by atoms with Gasteiger partial charge in [-0.3, -0.25) is 14.4 Å². The van der Waals surface area contributed by atoms with Crippen molar-refractivity contribution >= 4 is 17.6 Å². The number of hydrogen-bond donors (Lipinski definition) is 2. The summed E-state index contributed by atoms with van der Waals surface area (Å²) in [7, 11) is 2.16. The van der Waals surface area contributed by atoms with E-state index in [4.69, 9.17) is 9.47 Å². The summed E-state index contributed by atoms with van der Waals surface area (Å²) in [5.41, 5.74) is -0.197. The Morgan fingerprint density at radius 3 is 2.49 bits per heavy atom. The van der Waals surface area contributed by atoms with Gasteiger partial charge in [-0.25, -0.2) is 0 Å². The second kappa shape index (κ2) is 13.0. The Hall–Kier alpha value is -1.55. The molecule has 3 saturated heterocycles. The van der Waals surface area contributed by atoms with Crippen LogP contribution in [0.4, 0.5) is 0 Å². The van der Waals surface area contributed by atoms with E-state index in [0.29, 0.717) is 48.3 Å². The number of carbonyl (C=O) groups excluding carboxylic acids is 3. The van der Waals surface area contributed by atoms with Crippen molar-refractivity contribution in [3.05, 3.63) is 0 Å². The number of fused-ring (bicyclic) bond motifs is 7. The maximum Gasteiger partial charge on any atom is 0.229 e. The molecule has 2 N–H and O–H groups in total. The number of rotatable bonds is 7. The number of nitrogens with zero attached hydrogens (tertiary/aromatic N) is 2. The number of Topliss-reactive ketones (excluding diaryl/α,β-unsaturated/α-hetero) is 1. The fraction of sp³-hybridized carbons (Fsp3) is 0.921. The molecular formula is C38H62N4O5. The number of hydrogen-bond acceptors (Lipinski definition) is 7. The third kappa shape index (κ3) is 6.01. The lowest BCUT2D eigenvalue weighted by molar-refractivity contribution is -0.272. The lowest BCUT2D eigenvalue weighted by Crippen LogP contribution is -2.59. The second-order valence-corrected chi connectivity index (χ2v) is 17.6. The standard InChI is InChI=1S/C38H62N4O5/c1-24-9-12-38(46-23-24)25(2)35-31(47-38)20-30-28-8-7-26-19-27(10-11-36(26,3)29(28)21-32(43)37(30,35)4)40-34(45)22-33(44)39-13-6-14-42-17-15-41(5)16-18-42/h24-31,35H,6-23H2,1-5H3,(H,39,44)(H,40,45)/t24-,25+,26+,27-,28-,29+,30+,31+,35+,36+,37-,38-/m1/s1. The zero-order chi connectivity index (χ0) is 33.1. The molecule has 0 aromatic carbocycles. The third-order valence-electron chi connectivity index (χ3n) is 15.1. The monoisotopic (exact) mass is 654 g/mol. The molecule has 0 unspecified atom stereocenters. The van der Waals surface area contributed by atoms with Gasteiger partial charge in [0.05, 0.1) is 12.7 Å². The molecule has 2 amide bonds. The average molecular weight is 655 g/mol. The molecule has 0 aromatic rings. The van der Waals surface area contributed by atoms with Crippen LogP contribution in [0.5, 0.6) is 0 Å². The molecule has 1 spiro atoms. The van der Waals surface area contributed by atoms with E-state index in [1.807, 2.05) is 0 Å². The molecule has 7 rings (SSSR count). The quantitative estimate of drug-likeness (QED) is 0.313. The summed E-state index contributed by atoms with van der Waals surface area (Å²) in [4.78, 5) is 44.6. The second-order valence-electron chi connectivity index (χ2n) is 17.6. The Bertz CT molecular complexity index is 1200. The Morgan fingerprint density at radius 1 is 0.957 bits per heavy atom. The van der Waals surface area contributed by atoms with Crippen LogP contribution < -0.4 is 10.6 Å². The number of amides is 2. The Kier molecular flexibility index (Phi) is 9.36. The zero-order valence-corrected chi connectivity index (χ0v) is 29.9.